The minimum atomic E-state index is -3.30. The Kier molecular flexibility index (Phi) is 5.92. The van der Waals surface area contributed by atoms with Crippen LogP contribution in [0, 0.1) is 5.92 Å². The highest BCUT2D eigenvalue weighted by molar-refractivity contribution is 7.90. The first-order valence-electron chi connectivity index (χ1n) is 10.9. The van der Waals surface area contributed by atoms with Crippen LogP contribution in [-0.2, 0) is 10.0 Å². The number of para-hydroxylation sites is 1. The zero-order valence-corrected chi connectivity index (χ0v) is 19.5. The monoisotopic (exact) mass is 444 g/mol. The molecule has 4 rings (SSSR count). The number of rotatable bonds is 6. The van der Waals surface area contributed by atoms with Gasteiger partial charge in [-0.2, -0.15) is 0 Å². The average Bonchev–Trinajstić information content (AvgIpc) is 3.09. The lowest BCUT2D eigenvalue weighted by molar-refractivity contribution is 0.322. The van der Waals surface area contributed by atoms with E-state index in [1.165, 1.54) is 0 Å². The third kappa shape index (κ3) is 4.53. The Labute approximate surface area is 184 Å². The minimum Gasteiger partial charge on any atom is -0.495 e. The van der Waals surface area contributed by atoms with Crippen molar-refractivity contribution in [2.45, 2.75) is 57.2 Å². The quantitative estimate of drug-likeness (QED) is 0.540. The number of anilines is 1. The first-order valence-corrected chi connectivity index (χ1v) is 12.4. The van der Waals surface area contributed by atoms with Gasteiger partial charge in [-0.1, -0.05) is 18.2 Å². The summed E-state index contributed by atoms with van der Waals surface area (Å²) in [6, 6.07) is 12.1. The van der Waals surface area contributed by atoms with Crippen LogP contribution in [0.3, 0.4) is 0 Å². The van der Waals surface area contributed by atoms with Crippen molar-refractivity contribution in [3.05, 3.63) is 36.4 Å². The van der Waals surface area contributed by atoms with Gasteiger partial charge in [-0.3, -0.25) is 0 Å². The third-order valence-corrected chi connectivity index (χ3v) is 8.51. The van der Waals surface area contributed by atoms with E-state index in [1.807, 2.05) is 30.3 Å². The molecule has 0 spiro atoms. The van der Waals surface area contributed by atoms with Crippen LogP contribution in [0.15, 0.2) is 40.8 Å². The summed E-state index contributed by atoms with van der Waals surface area (Å²) < 4.78 is 38.6. The van der Waals surface area contributed by atoms with Gasteiger partial charge in [0.25, 0.3) is 0 Å². The lowest BCUT2D eigenvalue weighted by Crippen LogP contribution is -2.46. The molecule has 31 heavy (non-hydrogen) atoms. The molecule has 0 aliphatic heterocycles. The van der Waals surface area contributed by atoms with Gasteiger partial charge in [0.2, 0.25) is 10.0 Å². The zero-order valence-electron chi connectivity index (χ0n) is 18.7. The van der Waals surface area contributed by atoms with E-state index < -0.39 is 14.8 Å². The summed E-state index contributed by atoms with van der Waals surface area (Å²) in [4.78, 5) is 0. The lowest BCUT2D eigenvalue weighted by Gasteiger charge is -2.31. The summed E-state index contributed by atoms with van der Waals surface area (Å²) in [6.45, 7) is 6.02. The Morgan fingerprint density at radius 2 is 1.74 bits per heavy atom. The predicted octanol–water partition coefficient (Wildman–Crippen LogP) is 5.28. The summed E-state index contributed by atoms with van der Waals surface area (Å²) >= 11 is 0. The Balaban J connectivity index is 1.40. The van der Waals surface area contributed by atoms with Crippen molar-refractivity contribution >= 4 is 37.6 Å². The fourth-order valence-corrected chi connectivity index (χ4v) is 5.22. The predicted molar refractivity (Wildman–Crippen MR) is 126 cm³/mol. The standard InChI is InChI=1S/C24H32N2O4S/c1-24(2,3)31(27,28)26-17-11-9-16(10-12-17)15-25-20-14-22-19(13-23(20)29-4)18-7-5-6-8-21(18)30-22/h5-8,13-14,16-17,25-26H,9-12,15H2,1-4H3/t16-,17-. The Morgan fingerprint density at radius 3 is 2.42 bits per heavy atom. The van der Waals surface area contributed by atoms with Crippen molar-refractivity contribution in [2.75, 3.05) is 19.0 Å². The molecule has 168 valence electrons. The molecule has 2 aromatic carbocycles. The Hall–Kier alpha value is -2.25. The van der Waals surface area contributed by atoms with Crippen LogP contribution in [0.4, 0.5) is 5.69 Å². The van der Waals surface area contributed by atoms with Crippen molar-refractivity contribution < 1.29 is 17.6 Å². The van der Waals surface area contributed by atoms with Gasteiger partial charge >= 0.3 is 0 Å². The van der Waals surface area contributed by atoms with E-state index in [0.29, 0.717) is 5.92 Å². The van der Waals surface area contributed by atoms with Gasteiger partial charge in [-0.25, -0.2) is 13.1 Å². The van der Waals surface area contributed by atoms with Gasteiger partial charge in [0.05, 0.1) is 17.5 Å². The number of hydrogen-bond acceptors (Lipinski definition) is 5. The van der Waals surface area contributed by atoms with Crippen LogP contribution in [0.5, 0.6) is 5.75 Å². The van der Waals surface area contributed by atoms with Crippen LogP contribution < -0.4 is 14.8 Å². The van der Waals surface area contributed by atoms with Gasteiger partial charge in [-0.05, 0) is 64.5 Å². The number of methoxy groups -OCH3 is 1. The number of benzene rings is 2. The maximum absolute atomic E-state index is 12.4. The number of fused-ring (bicyclic) bond motifs is 3. The zero-order chi connectivity index (χ0) is 22.2. The Morgan fingerprint density at radius 1 is 1.03 bits per heavy atom. The smallest absolute Gasteiger partial charge is 0.216 e. The molecule has 0 amide bonds. The largest absolute Gasteiger partial charge is 0.495 e. The molecule has 1 aliphatic rings. The fourth-order valence-electron chi connectivity index (χ4n) is 4.19. The number of sulfonamides is 1. The van der Waals surface area contributed by atoms with Crippen LogP contribution in [0.2, 0.25) is 0 Å². The molecule has 6 nitrogen and oxygen atoms in total. The molecule has 1 fully saturated rings. The topological polar surface area (TPSA) is 80.6 Å². The molecule has 1 aliphatic carbocycles. The molecule has 7 heteroatoms. The molecule has 3 aromatic rings. The third-order valence-electron chi connectivity index (χ3n) is 6.25. The van der Waals surface area contributed by atoms with E-state index in [9.17, 15) is 8.42 Å². The Bertz CT molecular complexity index is 1170. The molecule has 1 heterocycles. The van der Waals surface area contributed by atoms with Crippen molar-refractivity contribution in [1.82, 2.24) is 4.72 Å². The molecule has 1 saturated carbocycles. The van der Waals surface area contributed by atoms with E-state index >= 15 is 0 Å². The van der Waals surface area contributed by atoms with Crippen molar-refractivity contribution in [2.24, 2.45) is 5.92 Å². The molecule has 0 unspecified atom stereocenters. The second kappa shape index (κ2) is 8.36. The SMILES string of the molecule is COc1cc2c(cc1NC[C@H]1CC[C@H](NS(=O)(=O)C(C)(C)C)CC1)oc1ccccc12. The van der Waals surface area contributed by atoms with E-state index in [-0.39, 0.29) is 6.04 Å². The summed E-state index contributed by atoms with van der Waals surface area (Å²) in [6.07, 6.45) is 3.70. The normalized spacial score (nSPS) is 20.3. The van der Waals surface area contributed by atoms with Crippen LogP contribution in [-0.4, -0.2) is 32.9 Å². The summed E-state index contributed by atoms with van der Waals surface area (Å²) in [5.74, 6) is 1.29. The molecular weight excluding hydrogens is 412 g/mol. The van der Waals surface area contributed by atoms with E-state index in [4.69, 9.17) is 9.15 Å². The van der Waals surface area contributed by atoms with E-state index in [2.05, 4.69) is 16.1 Å². The first kappa shape index (κ1) is 22.0. The van der Waals surface area contributed by atoms with Gasteiger partial charge < -0.3 is 14.5 Å². The summed E-state index contributed by atoms with van der Waals surface area (Å²) in [5, 5.41) is 5.66. The highest BCUT2D eigenvalue weighted by atomic mass is 32.2. The molecule has 0 saturated heterocycles. The van der Waals surface area contributed by atoms with Gasteiger partial charge in [0.15, 0.2) is 0 Å². The van der Waals surface area contributed by atoms with Crippen LogP contribution in [0.25, 0.3) is 21.9 Å². The number of ether oxygens (including phenoxy) is 1. The van der Waals surface area contributed by atoms with Crippen LogP contribution in [0.1, 0.15) is 46.5 Å². The average molecular weight is 445 g/mol. The first-order chi connectivity index (χ1) is 14.7. The van der Waals surface area contributed by atoms with Crippen LogP contribution >= 0.6 is 0 Å². The highest BCUT2D eigenvalue weighted by Gasteiger charge is 2.32. The van der Waals surface area contributed by atoms with Crippen molar-refractivity contribution in [3.63, 3.8) is 0 Å². The summed E-state index contributed by atoms with van der Waals surface area (Å²) in [5.41, 5.74) is 2.63. The van der Waals surface area contributed by atoms with Crippen molar-refractivity contribution in [1.29, 1.82) is 0 Å². The van der Waals surface area contributed by atoms with E-state index in [0.717, 1.165) is 65.6 Å². The number of furan rings is 1. The van der Waals surface area contributed by atoms with Gasteiger partial charge in [-0.15, -0.1) is 0 Å². The minimum absolute atomic E-state index is 0.0295. The number of hydrogen-bond donors (Lipinski definition) is 2. The van der Waals surface area contributed by atoms with Crippen molar-refractivity contribution in [3.8, 4) is 5.75 Å². The lowest BCUT2D eigenvalue weighted by atomic mass is 9.86. The van der Waals surface area contributed by atoms with E-state index in [1.54, 1.807) is 27.9 Å². The molecule has 0 atom stereocenters. The number of nitrogens with one attached hydrogen (secondary N) is 2. The maximum Gasteiger partial charge on any atom is 0.216 e. The molecule has 0 radical (unpaired) electrons. The van der Waals surface area contributed by atoms with Gasteiger partial charge in [0.1, 0.15) is 16.9 Å². The molecular formula is C24H32N2O4S. The molecule has 1 aromatic heterocycles. The molecule has 2 N–H and O–H groups in total. The molecule has 0 bridgehead atoms. The fraction of sp³-hybridized carbons (Fsp3) is 0.500. The van der Waals surface area contributed by atoms with Gasteiger partial charge in [0, 0.05) is 29.4 Å². The maximum atomic E-state index is 12.4. The second-order valence-corrected chi connectivity index (χ2v) is 11.9. The summed E-state index contributed by atoms with van der Waals surface area (Å²) in [7, 11) is -1.62. The highest BCUT2D eigenvalue weighted by Crippen LogP contribution is 2.37. The second-order valence-electron chi connectivity index (χ2n) is 9.48.